The fourth-order valence-electron chi connectivity index (χ4n) is 1.05. The van der Waals surface area contributed by atoms with Gasteiger partial charge in [0.25, 0.3) is 0 Å². The predicted octanol–water partition coefficient (Wildman–Crippen LogP) is -0.440. The molecular weight excluding hydrogens is 230 g/mol. The lowest BCUT2D eigenvalue weighted by atomic mass is 10.3. The summed E-state index contributed by atoms with van der Waals surface area (Å²) in [5.41, 5.74) is 0. The molecular formula is C7H14ClNO4S. The third-order valence-electron chi connectivity index (χ3n) is 1.76. The molecule has 1 fully saturated rings. The van der Waals surface area contributed by atoms with Gasteiger partial charge in [-0.05, 0) is 0 Å². The van der Waals surface area contributed by atoms with E-state index in [1.807, 2.05) is 0 Å². The van der Waals surface area contributed by atoms with E-state index in [4.69, 9.17) is 21.1 Å². The van der Waals surface area contributed by atoms with Crippen LogP contribution in [-0.2, 0) is 19.5 Å². The Morgan fingerprint density at radius 3 is 2.79 bits per heavy atom. The molecule has 0 aliphatic carbocycles. The average molecular weight is 244 g/mol. The topological polar surface area (TPSA) is 64.6 Å². The number of rotatable bonds is 5. The molecule has 0 aromatic rings. The monoisotopic (exact) mass is 243 g/mol. The molecule has 0 bridgehead atoms. The lowest BCUT2D eigenvalue weighted by Gasteiger charge is -2.22. The minimum atomic E-state index is -3.25. The maximum Gasteiger partial charge on any atom is 0.212 e. The summed E-state index contributed by atoms with van der Waals surface area (Å²) >= 11 is 5.33. The zero-order valence-electron chi connectivity index (χ0n) is 7.74. The van der Waals surface area contributed by atoms with Crippen LogP contribution in [0, 0.1) is 0 Å². The normalized spacial score (nSPS) is 23.6. The van der Waals surface area contributed by atoms with Gasteiger partial charge in [0.2, 0.25) is 10.0 Å². The Bertz CT molecular complexity index is 250. The highest BCUT2D eigenvalue weighted by molar-refractivity contribution is 7.89. The van der Waals surface area contributed by atoms with Crippen molar-refractivity contribution in [2.24, 2.45) is 0 Å². The Kier molecular flexibility index (Phi) is 5.11. The Balaban J connectivity index is 2.24. The third-order valence-corrected chi connectivity index (χ3v) is 3.52. The van der Waals surface area contributed by atoms with E-state index in [9.17, 15) is 8.42 Å². The highest BCUT2D eigenvalue weighted by atomic mass is 35.5. The van der Waals surface area contributed by atoms with Crippen LogP contribution >= 0.6 is 11.6 Å². The van der Waals surface area contributed by atoms with Crippen molar-refractivity contribution in [2.75, 3.05) is 38.0 Å². The van der Waals surface area contributed by atoms with Gasteiger partial charge >= 0.3 is 0 Å². The first-order valence-electron chi connectivity index (χ1n) is 4.37. The second-order valence-electron chi connectivity index (χ2n) is 2.92. The van der Waals surface area contributed by atoms with Crippen LogP contribution in [0.1, 0.15) is 0 Å². The van der Waals surface area contributed by atoms with E-state index in [1.165, 1.54) is 0 Å². The molecule has 5 nitrogen and oxygen atoms in total. The van der Waals surface area contributed by atoms with Gasteiger partial charge in [0.1, 0.15) is 0 Å². The Morgan fingerprint density at radius 2 is 2.21 bits per heavy atom. The highest BCUT2D eigenvalue weighted by Crippen LogP contribution is 1.99. The molecule has 1 aliphatic rings. The van der Waals surface area contributed by atoms with Gasteiger partial charge in [-0.1, -0.05) is 0 Å². The summed E-state index contributed by atoms with van der Waals surface area (Å²) in [5.74, 6) is 0.0273. The van der Waals surface area contributed by atoms with Gasteiger partial charge in [-0.2, -0.15) is 0 Å². The molecule has 0 spiro atoms. The van der Waals surface area contributed by atoms with Crippen molar-refractivity contribution in [3.05, 3.63) is 0 Å². The zero-order valence-corrected chi connectivity index (χ0v) is 9.31. The van der Waals surface area contributed by atoms with E-state index in [-0.39, 0.29) is 24.3 Å². The number of ether oxygens (including phenoxy) is 2. The quantitative estimate of drug-likeness (QED) is 0.665. The van der Waals surface area contributed by atoms with Gasteiger partial charge in [0.05, 0.1) is 31.7 Å². The molecule has 1 saturated heterocycles. The maximum absolute atomic E-state index is 11.2. The molecule has 1 aliphatic heterocycles. The van der Waals surface area contributed by atoms with Crippen LogP contribution in [0.4, 0.5) is 0 Å². The van der Waals surface area contributed by atoms with Crippen molar-refractivity contribution >= 4 is 21.6 Å². The fraction of sp³-hybridized carbons (Fsp3) is 1.00. The van der Waals surface area contributed by atoms with Gasteiger partial charge < -0.3 is 9.47 Å². The summed E-state index contributed by atoms with van der Waals surface area (Å²) in [6.07, 6.45) is -0.186. The van der Waals surface area contributed by atoms with Crippen LogP contribution in [-0.4, -0.2) is 52.5 Å². The summed E-state index contributed by atoms with van der Waals surface area (Å²) in [6, 6.07) is 0. The number of hydrogen-bond acceptors (Lipinski definition) is 4. The van der Waals surface area contributed by atoms with Crippen LogP contribution in [0.2, 0.25) is 0 Å². The lowest BCUT2D eigenvalue weighted by Crippen LogP contribution is -2.40. The molecule has 0 saturated carbocycles. The van der Waals surface area contributed by atoms with E-state index in [2.05, 4.69) is 4.72 Å². The van der Waals surface area contributed by atoms with Crippen LogP contribution in [0.5, 0.6) is 0 Å². The van der Waals surface area contributed by atoms with Crippen LogP contribution < -0.4 is 4.72 Å². The van der Waals surface area contributed by atoms with E-state index < -0.39 is 10.0 Å². The molecule has 14 heavy (non-hydrogen) atoms. The highest BCUT2D eigenvalue weighted by Gasteiger charge is 2.17. The Hall–Kier alpha value is 0.120. The van der Waals surface area contributed by atoms with Gasteiger partial charge in [-0.3, -0.25) is 0 Å². The zero-order chi connectivity index (χ0) is 10.4. The summed E-state index contributed by atoms with van der Waals surface area (Å²) in [7, 11) is -3.25. The molecule has 1 rings (SSSR count). The molecule has 1 N–H and O–H groups in total. The predicted molar refractivity (Wildman–Crippen MR) is 53.1 cm³/mol. The van der Waals surface area contributed by atoms with Crippen molar-refractivity contribution in [1.29, 1.82) is 0 Å². The second-order valence-corrected chi connectivity index (χ2v) is 5.23. The molecule has 0 radical (unpaired) electrons. The van der Waals surface area contributed by atoms with Crippen LogP contribution in [0.3, 0.4) is 0 Å². The van der Waals surface area contributed by atoms with Gasteiger partial charge in [-0.25, -0.2) is 13.1 Å². The molecule has 1 unspecified atom stereocenters. The Labute approximate surface area is 88.8 Å². The smallest absolute Gasteiger partial charge is 0.212 e. The number of nitrogens with one attached hydrogen (secondary N) is 1. The molecule has 0 aromatic carbocycles. The minimum Gasteiger partial charge on any atom is -0.376 e. The first-order valence-corrected chi connectivity index (χ1v) is 6.55. The molecule has 84 valence electrons. The van der Waals surface area contributed by atoms with Gasteiger partial charge in [-0.15, -0.1) is 11.6 Å². The summed E-state index contributed by atoms with van der Waals surface area (Å²) < 4.78 is 35.2. The summed E-state index contributed by atoms with van der Waals surface area (Å²) in [5, 5.41) is 0. The van der Waals surface area contributed by atoms with Gasteiger partial charge in [0.15, 0.2) is 0 Å². The second kappa shape index (κ2) is 5.87. The lowest BCUT2D eigenvalue weighted by molar-refractivity contribution is -0.0846. The first kappa shape index (κ1) is 12.2. The first-order chi connectivity index (χ1) is 6.64. The van der Waals surface area contributed by atoms with E-state index in [0.29, 0.717) is 19.8 Å². The Morgan fingerprint density at radius 1 is 1.43 bits per heavy atom. The fourth-order valence-corrected chi connectivity index (χ4v) is 2.44. The largest absolute Gasteiger partial charge is 0.376 e. The van der Waals surface area contributed by atoms with Crippen molar-refractivity contribution in [1.82, 2.24) is 4.72 Å². The summed E-state index contributed by atoms with van der Waals surface area (Å²) in [4.78, 5) is 0. The number of hydrogen-bond donors (Lipinski definition) is 1. The van der Waals surface area contributed by atoms with Crippen molar-refractivity contribution in [2.45, 2.75) is 6.10 Å². The molecule has 7 heteroatoms. The molecule has 0 amide bonds. The van der Waals surface area contributed by atoms with Crippen LogP contribution in [0.15, 0.2) is 0 Å². The summed E-state index contributed by atoms with van der Waals surface area (Å²) in [6.45, 7) is 1.77. The van der Waals surface area contributed by atoms with E-state index in [1.54, 1.807) is 0 Å². The van der Waals surface area contributed by atoms with Gasteiger partial charge in [0, 0.05) is 12.4 Å². The average Bonchev–Trinajstić information content (AvgIpc) is 2.17. The number of alkyl halides is 1. The minimum absolute atomic E-state index is 0.0673. The van der Waals surface area contributed by atoms with Crippen molar-refractivity contribution in [3.63, 3.8) is 0 Å². The third kappa shape index (κ3) is 4.56. The molecule has 1 atom stereocenters. The number of sulfonamides is 1. The molecule has 1 heterocycles. The van der Waals surface area contributed by atoms with E-state index in [0.717, 1.165) is 0 Å². The standard InChI is InChI=1S/C7H14ClNO4S/c8-1-4-14(10,11)9-5-7-6-12-2-3-13-7/h7,9H,1-6H2. The van der Waals surface area contributed by atoms with Crippen LogP contribution in [0.25, 0.3) is 0 Å². The SMILES string of the molecule is O=S(=O)(CCCl)NCC1COCCO1. The number of halogens is 1. The van der Waals surface area contributed by atoms with Crippen molar-refractivity contribution < 1.29 is 17.9 Å². The van der Waals surface area contributed by atoms with Crippen molar-refractivity contribution in [3.8, 4) is 0 Å². The maximum atomic E-state index is 11.2. The van der Waals surface area contributed by atoms with E-state index >= 15 is 0 Å². The molecule has 0 aromatic heterocycles.